The Kier molecular flexibility index (Phi) is 4.76. The van der Waals surface area contributed by atoms with Crippen molar-refractivity contribution in [2.24, 2.45) is 0 Å². The van der Waals surface area contributed by atoms with Crippen LogP contribution in [0.25, 0.3) is 0 Å². The van der Waals surface area contributed by atoms with Crippen molar-refractivity contribution in [2.45, 2.75) is 38.1 Å². The zero-order valence-corrected chi connectivity index (χ0v) is 12.0. The molecule has 0 spiro atoms. The minimum Gasteiger partial charge on any atom is -0.484 e. The molecule has 0 heterocycles. The molecule has 1 saturated carbocycles. The Morgan fingerprint density at radius 3 is 2.79 bits per heavy atom. The summed E-state index contributed by atoms with van der Waals surface area (Å²) in [4.78, 5) is 0. The lowest BCUT2D eigenvalue weighted by molar-refractivity contribution is -0.163. The number of benzene rings is 1. The Balaban J connectivity index is 2.05. The Morgan fingerprint density at radius 1 is 1.42 bits per heavy atom. The zero-order valence-electron chi connectivity index (χ0n) is 10.4. The lowest BCUT2D eigenvalue weighted by atomic mass is 9.88. The fourth-order valence-corrected chi connectivity index (χ4v) is 2.34. The number of aliphatic hydroxyl groups is 1. The first-order valence-electron chi connectivity index (χ1n) is 6.13. The monoisotopic (exact) mass is 336 g/mol. The SMILES string of the molecule is CCCOC1C(O)CC1Oc1cc(Br)cc(F)c1F. The molecular formula is C13H15BrF2O3. The molecule has 2 rings (SSSR count). The highest BCUT2D eigenvalue weighted by Gasteiger charge is 2.43. The predicted molar refractivity (Wildman–Crippen MR) is 69.1 cm³/mol. The Morgan fingerprint density at radius 2 is 2.16 bits per heavy atom. The van der Waals surface area contributed by atoms with Crippen molar-refractivity contribution in [3.8, 4) is 5.75 Å². The molecule has 106 valence electrons. The van der Waals surface area contributed by atoms with E-state index < -0.39 is 29.9 Å². The molecule has 1 fully saturated rings. The van der Waals surface area contributed by atoms with Gasteiger partial charge in [-0.25, -0.2) is 4.39 Å². The summed E-state index contributed by atoms with van der Waals surface area (Å²) in [6, 6.07) is 2.39. The van der Waals surface area contributed by atoms with Crippen LogP contribution in [0.3, 0.4) is 0 Å². The van der Waals surface area contributed by atoms with Gasteiger partial charge in [0, 0.05) is 17.5 Å². The maximum Gasteiger partial charge on any atom is 0.200 e. The number of rotatable bonds is 5. The number of aliphatic hydroxyl groups excluding tert-OH is 1. The summed E-state index contributed by atoms with van der Waals surface area (Å²) in [5.74, 6) is -2.18. The molecule has 1 aromatic carbocycles. The van der Waals surface area contributed by atoms with E-state index >= 15 is 0 Å². The lowest BCUT2D eigenvalue weighted by Gasteiger charge is -2.40. The molecule has 19 heavy (non-hydrogen) atoms. The van der Waals surface area contributed by atoms with Crippen molar-refractivity contribution in [3.05, 3.63) is 28.2 Å². The molecule has 1 aliphatic carbocycles. The molecule has 0 aliphatic heterocycles. The van der Waals surface area contributed by atoms with Crippen LogP contribution in [0.4, 0.5) is 8.78 Å². The molecule has 0 aromatic heterocycles. The number of ether oxygens (including phenoxy) is 2. The Bertz CT molecular complexity index is 456. The second kappa shape index (κ2) is 6.15. The van der Waals surface area contributed by atoms with Gasteiger partial charge in [-0.05, 0) is 18.6 Å². The van der Waals surface area contributed by atoms with Gasteiger partial charge in [0.05, 0.1) is 6.10 Å². The van der Waals surface area contributed by atoms with Crippen LogP contribution in [-0.4, -0.2) is 30.0 Å². The largest absolute Gasteiger partial charge is 0.484 e. The van der Waals surface area contributed by atoms with Gasteiger partial charge < -0.3 is 14.6 Å². The summed E-state index contributed by atoms with van der Waals surface area (Å²) >= 11 is 3.08. The van der Waals surface area contributed by atoms with Crippen LogP contribution >= 0.6 is 15.9 Å². The van der Waals surface area contributed by atoms with Crippen molar-refractivity contribution in [1.29, 1.82) is 0 Å². The van der Waals surface area contributed by atoms with Crippen molar-refractivity contribution < 1.29 is 23.4 Å². The molecule has 1 N–H and O–H groups in total. The van der Waals surface area contributed by atoms with E-state index in [9.17, 15) is 13.9 Å². The Labute approximate surface area is 118 Å². The highest BCUT2D eigenvalue weighted by molar-refractivity contribution is 9.10. The molecule has 3 atom stereocenters. The molecule has 1 aliphatic rings. The topological polar surface area (TPSA) is 38.7 Å². The third-order valence-corrected chi connectivity index (χ3v) is 3.43. The average molecular weight is 337 g/mol. The molecule has 3 nitrogen and oxygen atoms in total. The van der Waals surface area contributed by atoms with Gasteiger partial charge in [-0.3, -0.25) is 0 Å². The third-order valence-electron chi connectivity index (χ3n) is 2.97. The van der Waals surface area contributed by atoms with Crippen LogP contribution in [0.1, 0.15) is 19.8 Å². The van der Waals surface area contributed by atoms with Crippen molar-refractivity contribution in [2.75, 3.05) is 6.61 Å². The summed E-state index contributed by atoms with van der Waals surface area (Å²) in [7, 11) is 0. The number of halogens is 3. The van der Waals surface area contributed by atoms with E-state index in [2.05, 4.69) is 15.9 Å². The van der Waals surface area contributed by atoms with Gasteiger partial charge in [-0.2, -0.15) is 4.39 Å². The van der Waals surface area contributed by atoms with Crippen LogP contribution in [0.5, 0.6) is 5.75 Å². The molecule has 1 aromatic rings. The normalized spacial score (nSPS) is 26.1. The quantitative estimate of drug-likeness (QED) is 0.840. The first-order valence-corrected chi connectivity index (χ1v) is 6.93. The smallest absolute Gasteiger partial charge is 0.200 e. The van der Waals surface area contributed by atoms with E-state index in [1.165, 1.54) is 6.07 Å². The minimum atomic E-state index is -1.03. The minimum absolute atomic E-state index is 0.172. The van der Waals surface area contributed by atoms with E-state index in [-0.39, 0.29) is 5.75 Å². The second-order valence-electron chi connectivity index (χ2n) is 4.49. The van der Waals surface area contributed by atoms with Crippen LogP contribution in [0.15, 0.2) is 16.6 Å². The molecule has 6 heteroatoms. The summed E-state index contributed by atoms with van der Waals surface area (Å²) in [6.07, 6.45) is -0.389. The van der Waals surface area contributed by atoms with Gasteiger partial charge in [-0.15, -0.1) is 0 Å². The first kappa shape index (κ1) is 14.7. The maximum atomic E-state index is 13.6. The third kappa shape index (κ3) is 3.24. The van der Waals surface area contributed by atoms with Gasteiger partial charge >= 0.3 is 0 Å². The lowest BCUT2D eigenvalue weighted by Crippen LogP contribution is -2.55. The van der Waals surface area contributed by atoms with Gasteiger partial charge in [0.15, 0.2) is 11.6 Å². The molecule has 0 radical (unpaired) electrons. The van der Waals surface area contributed by atoms with Crippen LogP contribution in [-0.2, 0) is 4.74 Å². The molecule has 0 amide bonds. The summed E-state index contributed by atoms with van der Waals surface area (Å²) in [5.41, 5.74) is 0. The van der Waals surface area contributed by atoms with Gasteiger partial charge in [0.25, 0.3) is 0 Å². The van der Waals surface area contributed by atoms with Crippen molar-refractivity contribution in [1.82, 2.24) is 0 Å². The van der Waals surface area contributed by atoms with E-state index in [0.29, 0.717) is 17.5 Å². The Hall–Kier alpha value is -0.720. The number of hydrogen-bond acceptors (Lipinski definition) is 3. The van der Waals surface area contributed by atoms with E-state index in [1.807, 2.05) is 6.92 Å². The average Bonchev–Trinajstić information content (AvgIpc) is 2.35. The van der Waals surface area contributed by atoms with Crippen molar-refractivity contribution >= 4 is 15.9 Å². The first-order chi connectivity index (χ1) is 9.02. The zero-order chi connectivity index (χ0) is 14.0. The maximum absolute atomic E-state index is 13.6. The van der Waals surface area contributed by atoms with Crippen LogP contribution in [0, 0.1) is 11.6 Å². The molecule has 3 unspecified atom stereocenters. The molecule has 0 bridgehead atoms. The van der Waals surface area contributed by atoms with E-state index in [1.54, 1.807) is 0 Å². The fourth-order valence-electron chi connectivity index (χ4n) is 1.93. The van der Waals surface area contributed by atoms with Gasteiger partial charge in [-0.1, -0.05) is 22.9 Å². The summed E-state index contributed by atoms with van der Waals surface area (Å²) in [5, 5.41) is 9.58. The summed E-state index contributed by atoms with van der Waals surface area (Å²) in [6.45, 7) is 2.45. The fraction of sp³-hybridized carbons (Fsp3) is 0.538. The van der Waals surface area contributed by atoms with Gasteiger partial charge in [0.1, 0.15) is 12.2 Å². The molecule has 0 saturated heterocycles. The van der Waals surface area contributed by atoms with Gasteiger partial charge in [0.2, 0.25) is 5.82 Å². The van der Waals surface area contributed by atoms with Crippen molar-refractivity contribution in [3.63, 3.8) is 0 Å². The number of hydrogen-bond donors (Lipinski definition) is 1. The predicted octanol–water partition coefficient (Wildman–Crippen LogP) is 3.03. The highest BCUT2D eigenvalue weighted by Crippen LogP contribution is 2.32. The van der Waals surface area contributed by atoms with Crippen LogP contribution < -0.4 is 4.74 Å². The highest BCUT2D eigenvalue weighted by atomic mass is 79.9. The summed E-state index contributed by atoms with van der Waals surface area (Å²) < 4.78 is 38.0. The van der Waals surface area contributed by atoms with Crippen LogP contribution in [0.2, 0.25) is 0 Å². The second-order valence-corrected chi connectivity index (χ2v) is 5.41. The van der Waals surface area contributed by atoms with E-state index in [4.69, 9.17) is 9.47 Å². The van der Waals surface area contributed by atoms with E-state index in [0.717, 1.165) is 12.5 Å². The standard InChI is InChI=1S/C13H15BrF2O3/c1-2-3-18-13-9(17)6-11(13)19-10-5-7(14)4-8(15)12(10)16/h4-5,9,11,13,17H,2-3,6H2,1H3. The molecular weight excluding hydrogens is 322 g/mol.